The van der Waals surface area contributed by atoms with Gasteiger partial charge in [0.2, 0.25) is 5.91 Å². The first-order valence-corrected chi connectivity index (χ1v) is 9.24. The van der Waals surface area contributed by atoms with Gasteiger partial charge in [0.1, 0.15) is 0 Å². The first-order valence-electron chi connectivity index (χ1n) is 9.24. The predicted octanol–water partition coefficient (Wildman–Crippen LogP) is 3.67. The molecule has 144 valence electrons. The average molecular weight is 386 g/mol. The Morgan fingerprint density at radius 3 is 2.00 bits per heavy atom. The van der Waals surface area contributed by atoms with Gasteiger partial charge in [-0.25, -0.2) is 0 Å². The Bertz CT molecular complexity index is 1110. The molecule has 0 unspecified atom stereocenters. The van der Waals surface area contributed by atoms with Crippen molar-refractivity contribution in [3.8, 4) is 0 Å². The minimum Gasteiger partial charge on any atom is -0.326 e. The van der Waals surface area contributed by atoms with Crippen LogP contribution in [0.25, 0.3) is 10.8 Å². The molecule has 1 aliphatic rings. The van der Waals surface area contributed by atoms with Crippen LogP contribution in [0.15, 0.2) is 60.7 Å². The average Bonchev–Trinajstić information content (AvgIpc) is 2.72. The molecule has 0 radical (unpaired) electrons. The van der Waals surface area contributed by atoms with Gasteiger partial charge >= 0.3 is 0 Å². The second-order valence-corrected chi connectivity index (χ2v) is 6.90. The van der Waals surface area contributed by atoms with Gasteiger partial charge in [0.25, 0.3) is 11.8 Å². The highest BCUT2D eigenvalue weighted by Crippen LogP contribution is 2.30. The SMILES string of the molecule is CC(=O)c1ccc(NC(=O)CCN2C(=O)c3cccc4cccc(c34)C2=O)cc1. The number of nitrogens with one attached hydrogen (secondary N) is 1. The van der Waals surface area contributed by atoms with Crippen molar-refractivity contribution in [3.63, 3.8) is 0 Å². The molecule has 3 amide bonds. The van der Waals surface area contributed by atoms with Crippen LogP contribution in [0.3, 0.4) is 0 Å². The molecule has 6 nitrogen and oxygen atoms in total. The van der Waals surface area contributed by atoms with Crippen molar-refractivity contribution in [1.29, 1.82) is 0 Å². The molecule has 0 atom stereocenters. The summed E-state index contributed by atoms with van der Waals surface area (Å²) in [5.41, 5.74) is 2.04. The van der Waals surface area contributed by atoms with Gasteiger partial charge in [-0.05, 0) is 48.7 Å². The molecule has 0 bridgehead atoms. The van der Waals surface area contributed by atoms with Crippen molar-refractivity contribution in [2.45, 2.75) is 13.3 Å². The van der Waals surface area contributed by atoms with E-state index in [9.17, 15) is 19.2 Å². The van der Waals surface area contributed by atoms with Crippen LogP contribution in [0.4, 0.5) is 5.69 Å². The molecule has 3 aromatic carbocycles. The van der Waals surface area contributed by atoms with Crippen LogP contribution in [-0.4, -0.2) is 34.9 Å². The molecule has 3 aromatic rings. The fourth-order valence-corrected chi connectivity index (χ4v) is 3.51. The zero-order chi connectivity index (χ0) is 20.5. The standard InChI is InChI=1S/C23H18N2O4/c1-14(26)15-8-10-17(11-9-15)24-20(27)12-13-25-22(28)18-6-2-4-16-5-3-7-19(21(16)18)23(25)29/h2-11H,12-13H2,1H3,(H,24,27). The lowest BCUT2D eigenvalue weighted by Gasteiger charge is -2.27. The van der Waals surface area contributed by atoms with Crippen LogP contribution in [-0.2, 0) is 4.79 Å². The van der Waals surface area contributed by atoms with Gasteiger partial charge in [-0.2, -0.15) is 0 Å². The van der Waals surface area contributed by atoms with E-state index in [0.29, 0.717) is 27.8 Å². The number of ketones is 1. The molecule has 1 aliphatic heterocycles. The number of rotatable bonds is 5. The highest BCUT2D eigenvalue weighted by Gasteiger charge is 2.32. The van der Waals surface area contributed by atoms with Gasteiger partial charge in [0, 0.05) is 40.7 Å². The maximum atomic E-state index is 12.8. The van der Waals surface area contributed by atoms with Crippen LogP contribution in [0, 0.1) is 0 Å². The second-order valence-electron chi connectivity index (χ2n) is 6.90. The number of carbonyl (C=O) groups is 4. The van der Waals surface area contributed by atoms with E-state index in [1.165, 1.54) is 6.92 Å². The molecule has 4 rings (SSSR count). The van der Waals surface area contributed by atoms with Crippen molar-refractivity contribution in [3.05, 3.63) is 77.4 Å². The smallest absolute Gasteiger partial charge is 0.261 e. The Morgan fingerprint density at radius 2 is 1.45 bits per heavy atom. The number of hydrogen-bond donors (Lipinski definition) is 1. The topological polar surface area (TPSA) is 83.6 Å². The third kappa shape index (κ3) is 3.40. The minimum atomic E-state index is -0.391. The zero-order valence-corrected chi connectivity index (χ0v) is 15.8. The van der Waals surface area contributed by atoms with Gasteiger partial charge in [0.05, 0.1) is 0 Å². The number of carbonyl (C=O) groups excluding carboxylic acids is 4. The third-order valence-corrected chi connectivity index (χ3v) is 4.99. The van der Waals surface area contributed by atoms with Crippen LogP contribution >= 0.6 is 0 Å². The summed E-state index contributed by atoms with van der Waals surface area (Å²) in [6, 6.07) is 17.2. The summed E-state index contributed by atoms with van der Waals surface area (Å²) in [7, 11) is 0. The van der Waals surface area contributed by atoms with E-state index in [0.717, 1.165) is 10.3 Å². The number of amides is 3. The predicted molar refractivity (Wildman–Crippen MR) is 109 cm³/mol. The van der Waals surface area contributed by atoms with E-state index in [1.54, 1.807) is 48.5 Å². The van der Waals surface area contributed by atoms with Crippen molar-refractivity contribution in [1.82, 2.24) is 4.90 Å². The van der Waals surface area contributed by atoms with E-state index < -0.39 is 11.8 Å². The molecule has 0 fully saturated rings. The Labute approximate surface area is 167 Å². The van der Waals surface area contributed by atoms with E-state index in [1.807, 2.05) is 12.1 Å². The quantitative estimate of drug-likeness (QED) is 0.536. The monoisotopic (exact) mass is 386 g/mol. The largest absolute Gasteiger partial charge is 0.326 e. The lowest BCUT2D eigenvalue weighted by Crippen LogP contribution is -2.41. The van der Waals surface area contributed by atoms with Crippen LogP contribution in [0.1, 0.15) is 44.4 Å². The van der Waals surface area contributed by atoms with E-state index in [-0.39, 0.29) is 24.7 Å². The number of Topliss-reactive ketones (excluding diaryl/α,β-unsaturated/α-hetero) is 1. The van der Waals surface area contributed by atoms with Gasteiger partial charge in [-0.3, -0.25) is 24.1 Å². The summed E-state index contributed by atoms with van der Waals surface area (Å²) in [4.78, 5) is 50.4. The Kier molecular flexibility index (Phi) is 4.68. The molecule has 0 aliphatic carbocycles. The maximum Gasteiger partial charge on any atom is 0.261 e. The van der Waals surface area contributed by atoms with Gasteiger partial charge in [0.15, 0.2) is 5.78 Å². The Balaban J connectivity index is 1.47. The second kappa shape index (κ2) is 7.31. The first kappa shape index (κ1) is 18.6. The normalized spacial score (nSPS) is 12.9. The van der Waals surface area contributed by atoms with Crippen LogP contribution in [0.5, 0.6) is 0 Å². The number of anilines is 1. The van der Waals surface area contributed by atoms with Crippen molar-refractivity contribution in [2.24, 2.45) is 0 Å². The van der Waals surface area contributed by atoms with Crippen molar-refractivity contribution < 1.29 is 19.2 Å². The van der Waals surface area contributed by atoms with E-state index in [2.05, 4.69) is 5.32 Å². The van der Waals surface area contributed by atoms with Crippen LogP contribution < -0.4 is 5.32 Å². The number of hydrogen-bond acceptors (Lipinski definition) is 4. The van der Waals surface area contributed by atoms with Crippen molar-refractivity contribution in [2.75, 3.05) is 11.9 Å². The number of imide groups is 1. The minimum absolute atomic E-state index is 0.0141. The molecule has 0 aromatic heterocycles. The van der Waals surface area contributed by atoms with Gasteiger partial charge < -0.3 is 5.32 Å². The maximum absolute atomic E-state index is 12.8. The lowest BCUT2D eigenvalue weighted by atomic mass is 9.94. The van der Waals surface area contributed by atoms with E-state index >= 15 is 0 Å². The molecule has 1 N–H and O–H groups in total. The molecule has 0 saturated heterocycles. The highest BCUT2D eigenvalue weighted by atomic mass is 16.2. The van der Waals surface area contributed by atoms with Crippen LogP contribution in [0.2, 0.25) is 0 Å². The Morgan fingerprint density at radius 1 is 0.862 bits per heavy atom. The summed E-state index contributed by atoms with van der Waals surface area (Å²) in [5, 5.41) is 4.22. The van der Waals surface area contributed by atoms with E-state index in [4.69, 9.17) is 0 Å². The molecule has 6 heteroatoms. The molecule has 0 saturated carbocycles. The third-order valence-electron chi connectivity index (χ3n) is 4.99. The summed E-state index contributed by atoms with van der Waals surface area (Å²) in [6.45, 7) is 1.46. The van der Waals surface area contributed by atoms with Gasteiger partial charge in [-0.1, -0.05) is 24.3 Å². The fourth-order valence-electron chi connectivity index (χ4n) is 3.51. The Hall–Kier alpha value is -3.80. The number of nitrogens with zero attached hydrogens (tertiary/aromatic N) is 1. The van der Waals surface area contributed by atoms with Crippen molar-refractivity contribution >= 4 is 40.0 Å². The molecule has 29 heavy (non-hydrogen) atoms. The number of benzene rings is 3. The molecular weight excluding hydrogens is 368 g/mol. The summed E-state index contributed by atoms with van der Waals surface area (Å²) in [6.07, 6.45) is -0.0237. The zero-order valence-electron chi connectivity index (χ0n) is 15.8. The first-order chi connectivity index (χ1) is 14.0. The molecule has 1 heterocycles. The summed E-state index contributed by atoms with van der Waals surface area (Å²) < 4.78 is 0. The van der Waals surface area contributed by atoms with Gasteiger partial charge in [-0.15, -0.1) is 0 Å². The summed E-state index contributed by atoms with van der Waals surface area (Å²) in [5.74, 6) is -1.16. The highest BCUT2D eigenvalue weighted by molar-refractivity contribution is 6.25. The molecular formula is C23H18N2O4. The fraction of sp³-hybridized carbons (Fsp3) is 0.130. The molecule has 0 spiro atoms. The lowest BCUT2D eigenvalue weighted by molar-refractivity contribution is -0.116. The summed E-state index contributed by atoms with van der Waals surface area (Å²) >= 11 is 0.